The van der Waals surface area contributed by atoms with Crippen molar-refractivity contribution >= 4 is 27.5 Å². The van der Waals surface area contributed by atoms with Crippen molar-refractivity contribution in [1.82, 2.24) is 14.5 Å². The van der Waals surface area contributed by atoms with Gasteiger partial charge in [-0.2, -0.15) is 0 Å². The molecule has 0 fully saturated rings. The highest BCUT2D eigenvalue weighted by molar-refractivity contribution is 7.20. The predicted molar refractivity (Wildman–Crippen MR) is 113 cm³/mol. The SMILES string of the molecule is CCCOc1c[nH]c(Cn2c(CCOC)nc3sc(C(=O)O)c(C)c3c2=O)cc1=O. The lowest BCUT2D eigenvalue weighted by molar-refractivity contribution is 0.0701. The second-order valence-corrected chi connectivity index (χ2v) is 7.74. The molecule has 160 valence electrons. The van der Waals surface area contributed by atoms with Crippen molar-refractivity contribution < 1.29 is 19.4 Å². The summed E-state index contributed by atoms with van der Waals surface area (Å²) < 4.78 is 12.0. The molecule has 0 saturated carbocycles. The number of methoxy groups -OCH3 is 1. The molecular weight excluding hydrogens is 410 g/mol. The van der Waals surface area contributed by atoms with Crippen LogP contribution in [0.4, 0.5) is 0 Å². The van der Waals surface area contributed by atoms with E-state index in [2.05, 4.69) is 9.97 Å². The molecule has 3 aromatic heterocycles. The van der Waals surface area contributed by atoms with Crippen LogP contribution in [-0.4, -0.2) is 45.9 Å². The number of hydrogen-bond acceptors (Lipinski definition) is 7. The highest BCUT2D eigenvalue weighted by atomic mass is 32.1. The highest BCUT2D eigenvalue weighted by Crippen LogP contribution is 2.27. The van der Waals surface area contributed by atoms with E-state index in [0.29, 0.717) is 41.5 Å². The van der Waals surface area contributed by atoms with E-state index >= 15 is 0 Å². The Morgan fingerprint density at radius 3 is 2.73 bits per heavy atom. The molecule has 0 radical (unpaired) electrons. The summed E-state index contributed by atoms with van der Waals surface area (Å²) in [6.07, 6.45) is 2.63. The molecule has 30 heavy (non-hydrogen) atoms. The Hall–Kier alpha value is -2.98. The first-order valence-electron chi connectivity index (χ1n) is 9.46. The zero-order valence-electron chi connectivity index (χ0n) is 17.0. The number of thiophene rings is 1. The third-order valence-corrected chi connectivity index (χ3v) is 5.75. The zero-order valence-corrected chi connectivity index (χ0v) is 17.8. The molecule has 10 heteroatoms. The normalized spacial score (nSPS) is 11.2. The average Bonchev–Trinajstić information content (AvgIpc) is 3.05. The first-order chi connectivity index (χ1) is 14.4. The number of rotatable bonds is 9. The number of H-pyrrole nitrogens is 1. The number of aromatic amines is 1. The van der Waals surface area contributed by atoms with Gasteiger partial charge in [0, 0.05) is 31.5 Å². The van der Waals surface area contributed by atoms with Gasteiger partial charge < -0.3 is 19.6 Å². The summed E-state index contributed by atoms with van der Waals surface area (Å²) in [5.74, 6) is -0.410. The van der Waals surface area contributed by atoms with Crippen molar-refractivity contribution in [3.05, 3.63) is 54.8 Å². The van der Waals surface area contributed by atoms with Crippen LogP contribution in [0.15, 0.2) is 21.9 Å². The van der Waals surface area contributed by atoms with Gasteiger partial charge in [-0.3, -0.25) is 14.2 Å². The third kappa shape index (κ3) is 4.29. The first kappa shape index (κ1) is 21.7. The topological polar surface area (TPSA) is 124 Å². The smallest absolute Gasteiger partial charge is 0.346 e. The molecule has 9 nitrogen and oxygen atoms in total. The molecule has 2 N–H and O–H groups in total. The second kappa shape index (κ2) is 9.23. The number of pyridine rings is 1. The molecule has 0 atom stereocenters. The molecule has 0 aromatic carbocycles. The van der Waals surface area contributed by atoms with E-state index in [-0.39, 0.29) is 33.5 Å². The Morgan fingerprint density at radius 2 is 2.10 bits per heavy atom. The van der Waals surface area contributed by atoms with Gasteiger partial charge in [-0.1, -0.05) is 6.92 Å². The van der Waals surface area contributed by atoms with Crippen LogP contribution >= 0.6 is 11.3 Å². The van der Waals surface area contributed by atoms with Gasteiger partial charge in [0.1, 0.15) is 15.5 Å². The highest BCUT2D eigenvalue weighted by Gasteiger charge is 2.21. The largest absolute Gasteiger partial charge is 0.488 e. The number of aromatic nitrogens is 3. The van der Waals surface area contributed by atoms with Crippen LogP contribution in [0.1, 0.15) is 40.1 Å². The molecule has 3 heterocycles. The van der Waals surface area contributed by atoms with Gasteiger partial charge in [0.15, 0.2) is 5.75 Å². The quantitative estimate of drug-likeness (QED) is 0.530. The van der Waals surface area contributed by atoms with E-state index in [0.717, 1.165) is 17.8 Å². The van der Waals surface area contributed by atoms with E-state index in [1.165, 1.54) is 16.8 Å². The van der Waals surface area contributed by atoms with Crippen LogP contribution in [0.25, 0.3) is 10.2 Å². The van der Waals surface area contributed by atoms with Crippen LogP contribution < -0.4 is 15.7 Å². The van der Waals surface area contributed by atoms with Gasteiger partial charge in [0.2, 0.25) is 5.43 Å². The number of nitrogens with one attached hydrogen (secondary N) is 1. The molecule has 0 saturated heterocycles. The first-order valence-corrected chi connectivity index (χ1v) is 10.3. The van der Waals surface area contributed by atoms with Gasteiger partial charge in [0.25, 0.3) is 5.56 Å². The molecule has 0 amide bonds. The van der Waals surface area contributed by atoms with Gasteiger partial charge >= 0.3 is 5.97 Å². The maximum Gasteiger partial charge on any atom is 0.346 e. The number of ether oxygens (including phenoxy) is 2. The number of hydrogen-bond donors (Lipinski definition) is 2. The minimum absolute atomic E-state index is 0.0851. The van der Waals surface area contributed by atoms with Crippen LogP contribution in [0.2, 0.25) is 0 Å². The third-order valence-electron chi connectivity index (χ3n) is 4.58. The number of carbonyl (C=O) groups is 1. The molecule has 0 aliphatic heterocycles. The molecule has 0 aliphatic rings. The lowest BCUT2D eigenvalue weighted by Crippen LogP contribution is -2.27. The maximum absolute atomic E-state index is 13.2. The Balaban J connectivity index is 2.09. The summed E-state index contributed by atoms with van der Waals surface area (Å²) >= 11 is 0.982. The number of aromatic carboxylic acids is 1. The molecular formula is C20H23N3O6S. The molecule has 0 spiro atoms. The number of nitrogens with zero attached hydrogens (tertiary/aromatic N) is 2. The zero-order chi connectivity index (χ0) is 21.8. The number of carboxylic acid groups (broad SMARTS) is 1. The van der Waals surface area contributed by atoms with Crippen molar-refractivity contribution in [2.75, 3.05) is 20.3 Å². The van der Waals surface area contributed by atoms with E-state index < -0.39 is 5.97 Å². The van der Waals surface area contributed by atoms with Gasteiger partial charge in [-0.05, 0) is 18.9 Å². The summed E-state index contributed by atoms with van der Waals surface area (Å²) in [6.45, 7) is 4.41. The van der Waals surface area contributed by atoms with E-state index in [9.17, 15) is 19.5 Å². The lowest BCUT2D eigenvalue weighted by atomic mass is 10.2. The predicted octanol–water partition coefficient (Wildman–Crippen LogP) is 2.18. The van der Waals surface area contributed by atoms with E-state index in [1.807, 2.05) is 6.92 Å². The van der Waals surface area contributed by atoms with E-state index in [1.54, 1.807) is 14.0 Å². The molecule has 0 unspecified atom stereocenters. The van der Waals surface area contributed by atoms with Gasteiger partial charge in [-0.15, -0.1) is 11.3 Å². The summed E-state index contributed by atoms with van der Waals surface area (Å²) in [7, 11) is 1.55. The average molecular weight is 433 g/mol. The second-order valence-electron chi connectivity index (χ2n) is 6.74. The fraction of sp³-hybridized carbons (Fsp3) is 0.400. The Labute approximate surface area is 175 Å². The fourth-order valence-electron chi connectivity index (χ4n) is 3.10. The number of fused-ring (bicyclic) bond motifs is 1. The summed E-state index contributed by atoms with van der Waals surface area (Å²) in [6, 6.07) is 1.39. The number of carboxylic acids is 1. The van der Waals surface area contributed by atoms with Crippen molar-refractivity contribution in [3.63, 3.8) is 0 Å². The van der Waals surface area contributed by atoms with Crippen molar-refractivity contribution in [2.45, 2.75) is 33.2 Å². The molecule has 0 aliphatic carbocycles. The van der Waals surface area contributed by atoms with Gasteiger partial charge in [0.05, 0.1) is 25.1 Å². The van der Waals surface area contributed by atoms with Crippen LogP contribution in [0.3, 0.4) is 0 Å². The van der Waals surface area contributed by atoms with Crippen LogP contribution in [0.5, 0.6) is 5.75 Å². The fourth-order valence-corrected chi connectivity index (χ4v) is 4.13. The minimum Gasteiger partial charge on any atom is -0.488 e. The Bertz CT molecular complexity index is 1190. The summed E-state index contributed by atoms with van der Waals surface area (Å²) in [5.41, 5.74) is 0.276. The Morgan fingerprint density at radius 1 is 1.33 bits per heavy atom. The molecule has 0 bridgehead atoms. The van der Waals surface area contributed by atoms with Gasteiger partial charge in [-0.25, -0.2) is 9.78 Å². The van der Waals surface area contributed by atoms with E-state index in [4.69, 9.17) is 9.47 Å². The summed E-state index contributed by atoms with van der Waals surface area (Å²) in [5, 5.41) is 9.67. The standard InChI is InChI=1S/C20H23N3O6S/c1-4-6-29-14-9-21-12(8-13(14)24)10-23-15(5-7-28-3)22-18-16(19(23)25)11(2)17(30-18)20(26)27/h8-9H,4-7,10H2,1-3H3,(H,21,24)(H,26,27). The summed E-state index contributed by atoms with van der Waals surface area (Å²) in [4.78, 5) is 45.0. The van der Waals surface area contributed by atoms with Crippen LogP contribution in [0, 0.1) is 6.92 Å². The minimum atomic E-state index is -1.09. The number of aryl methyl sites for hydroxylation is 1. The molecule has 3 rings (SSSR count). The van der Waals surface area contributed by atoms with Crippen molar-refractivity contribution in [1.29, 1.82) is 0 Å². The Kier molecular flexibility index (Phi) is 6.68. The lowest BCUT2D eigenvalue weighted by Gasteiger charge is -2.13. The molecule has 3 aromatic rings. The maximum atomic E-state index is 13.2. The van der Waals surface area contributed by atoms with Crippen molar-refractivity contribution in [2.24, 2.45) is 0 Å². The van der Waals surface area contributed by atoms with Crippen molar-refractivity contribution in [3.8, 4) is 5.75 Å². The monoisotopic (exact) mass is 433 g/mol. The van der Waals surface area contributed by atoms with Crippen LogP contribution in [-0.2, 0) is 17.7 Å².